The van der Waals surface area contributed by atoms with Crippen molar-refractivity contribution in [1.82, 2.24) is 0 Å². The Balaban J connectivity index is 1.93. The average Bonchev–Trinajstić information content (AvgIpc) is 2.50. The molecule has 6 heteroatoms. The van der Waals surface area contributed by atoms with Crippen LogP contribution >= 0.6 is 0 Å². The standard InChI is InChI=1S/C15H12N2O3Se/c1-19-12-4-6-13(7-5-12)20-15(18)17-11-2-8-14(9-3-11)21-10-16/h2-9H,1H3,(H,17,18). The van der Waals surface area contributed by atoms with E-state index in [1.54, 1.807) is 43.5 Å². The van der Waals surface area contributed by atoms with Crippen LogP contribution in [0.1, 0.15) is 0 Å². The van der Waals surface area contributed by atoms with Crippen LogP contribution in [0.25, 0.3) is 0 Å². The normalized spacial score (nSPS) is 9.52. The minimum atomic E-state index is -0.571. The molecule has 0 spiro atoms. The number of amides is 1. The Kier molecular flexibility index (Phi) is 5.22. The van der Waals surface area contributed by atoms with E-state index in [4.69, 9.17) is 14.7 Å². The molecule has 106 valence electrons. The van der Waals surface area contributed by atoms with Gasteiger partial charge in [-0.15, -0.1) is 0 Å². The summed E-state index contributed by atoms with van der Waals surface area (Å²) in [4.78, 5) is 13.9. The van der Waals surface area contributed by atoms with E-state index in [9.17, 15) is 4.79 Å². The fourth-order valence-corrected chi connectivity index (χ4v) is 2.35. The predicted molar refractivity (Wildman–Crippen MR) is 80.1 cm³/mol. The molecular weight excluding hydrogens is 335 g/mol. The first-order valence-corrected chi connectivity index (χ1v) is 7.71. The van der Waals surface area contributed by atoms with Gasteiger partial charge in [0.1, 0.15) is 0 Å². The number of nitriles is 1. The van der Waals surface area contributed by atoms with Crippen molar-refractivity contribution in [2.45, 2.75) is 0 Å². The first kappa shape index (κ1) is 14.9. The quantitative estimate of drug-likeness (QED) is 0.860. The molecule has 0 aromatic heterocycles. The van der Waals surface area contributed by atoms with E-state index >= 15 is 0 Å². The van der Waals surface area contributed by atoms with Gasteiger partial charge in [0, 0.05) is 0 Å². The number of benzene rings is 2. The van der Waals surface area contributed by atoms with Gasteiger partial charge in [-0.25, -0.2) is 0 Å². The van der Waals surface area contributed by atoms with Crippen LogP contribution in [-0.2, 0) is 0 Å². The summed E-state index contributed by atoms with van der Waals surface area (Å²) in [5, 5.41) is 11.2. The van der Waals surface area contributed by atoms with Crippen molar-refractivity contribution in [3.63, 3.8) is 0 Å². The molecule has 0 aliphatic carbocycles. The van der Waals surface area contributed by atoms with E-state index in [0.29, 0.717) is 17.2 Å². The summed E-state index contributed by atoms with van der Waals surface area (Å²) in [6.07, 6.45) is -0.571. The molecule has 2 aromatic carbocycles. The van der Waals surface area contributed by atoms with Crippen molar-refractivity contribution in [2.75, 3.05) is 12.4 Å². The van der Waals surface area contributed by atoms with Gasteiger partial charge >= 0.3 is 121 Å². The molecule has 0 unspecified atom stereocenters. The van der Waals surface area contributed by atoms with Crippen molar-refractivity contribution in [3.05, 3.63) is 48.5 Å². The van der Waals surface area contributed by atoms with Gasteiger partial charge in [0.05, 0.1) is 7.11 Å². The van der Waals surface area contributed by atoms with Gasteiger partial charge in [0.15, 0.2) is 0 Å². The van der Waals surface area contributed by atoms with Gasteiger partial charge in [-0.3, -0.25) is 0 Å². The van der Waals surface area contributed by atoms with Crippen LogP contribution in [-0.4, -0.2) is 28.2 Å². The molecule has 0 aliphatic rings. The Morgan fingerprint density at radius 2 is 1.71 bits per heavy atom. The molecule has 0 aliphatic heterocycles. The van der Waals surface area contributed by atoms with Gasteiger partial charge in [-0.2, -0.15) is 0 Å². The third-order valence-corrected chi connectivity index (χ3v) is 3.79. The number of carbonyl (C=O) groups excluding carboxylic acids is 1. The van der Waals surface area contributed by atoms with Gasteiger partial charge in [0.2, 0.25) is 0 Å². The number of hydrogen-bond donors (Lipinski definition) is 1. The third kappa shape index (κ3) is 4.53. The number of nitrogens with zero attached hydrogens (tertiary/aromatic N) is 1. The molecule has 0 bridgehead atoms. The number of methoxy groups -OCH3 is 1. The topological polar surface area (TPSA) is 71.3 Å². The Morgan fingerprint density at radius 3 is 2.29 bits per heavy atom. The van der Waals surface area contributed by atoms with Gasteiger partial charge in [-0.1, -0.05) is 0 Å². The second kappa shape index (κ2) is 7.34. The molecule has 21 heavy (non-hydrogen) atoms. The molecule has 2 rings (SSSR count). The molecule has 1 amide bonds. The zero-order valence-electron chi connectivity index (χ0n) is 11.2. The monoisotopic (exact) mass is 348 g/mol. The van der Waals surface area contributed by atoms with Gasteiger partial charge in [-0.05, 0) is 0 Å². The Morgan fingerprint density at radius 1 is 1.10 bits per heavy atom. The Hall–Kier alpha value is -2.48. The molecule has 0 saturated heterocycles. The molecular formula is C15H12N2O3Se. The van der Waals surface area contributed by atoms with Crippen LogP contribution in [0.3, 0.4) is 0 Å². The summed E-state index contributed by atoms with van der Waals surface area (Å²) in [6, 6.07) is 13.8. The van der Waals surface area contributed by atoms with E-state index in [-0.39, 0.29) is 15.0 Å². The van der Waals surface area contributed by atoms with Crippen LogP contribution in [0.5, 0.6) is 11.5 Å². The molecule has 1 N–H and O–H groups in total. The van der Waals surface area contributed by atoms with E-state index < -0.39 is 6.09 Å². The molecule has 0 radical (unpaired) electrons. The summed E-state index contributed by atoms with van der Waals surface area (Å²) in [5.74, 6) is 1.12. The van der Waals surface area contributed by atoms with Crippen molar-refractivity contribution >= 4 is 31.2 Å². The third-order valence-electron chi connectivity index (χ3n) is 2.53. The molecule has 0 heterocycles. The summed E-state index contributed by atoms with van der Waals surface area (Å²) < 4.78 is 11.1. The van der Waals surface area contributed by atoms with Crippen molar-refractivity contribution in [2.24, 2.45) is 0 Å². The Labute approximate surface area is 128 Å². The summed E-state index contributed by atoms with van der Waals surface area (Å²) in [7, 11) is 1.57. The van der Waals surface area contributed by atoms with Crippen LogP contribution in [0, 0.1) is 10.2 Å². The number of anilines is 1. The predicted octanol–water partition coefficient (Wildman–Crippen LogP) is 2.12. The first-order valence-electron chi connectivity index (χ1n) is 6.00. The average molecular weight is 347 g/mol. The fourth-order valence-electron chi connectivity index (χ4n) is 1.55. The number of rotatable bonds is 4. The molecule has 0 saturated carbocycles. The maximum atomic E-state index is 11.7. The summed E-state index contributed by atoms with van der Waals surface area (Å²) in [5.41, 5.74) is 0.617. The zero-order chi connectivity index (χ0) is 15.1. The SMILES string of the molecule is COc1ccc(OC(=O)Nc2ccc([Se]C#N)cc2)cc1. The van der Waals surface area contributed by atoms with Crippen LogP contribution in [0.4, 0.5) is 10.5 Å². The number of carbonyl (C=O) groups is 1. The fraction of sp³-hybridized carbons (Fsp3) is 0.0667. The number of nitrogens with one attached hydrogen (secondary N) is 1. The minimum absolute atomic E-state index is 0.192. The van der Waals surface area contributed by atoms with E-state index in [1.165, 1.54) is 0 Å². The van der Waals surface area contributed by atoms with E-state index in [2.05, 4.69) is 10.3 Å². The van der Waals surface area contributed by atoms with Gasteiger partial charge in [0.25, 0.3) is 0 Å². The second-order valence-corrected chi connectivity index (χ2v) is 5.71. The Bertz CT molecular complexity index is 648. The van der Waals surface area contributed by atoms with E-state index in [1.807, 2.05) is 12.1 Å². The maximum absolute atomic E-state index is 11.7. The first-order chi connectivity index (χ1) is 10.2. The molecule has 0 fully saturated rings. The summed E-state index contributed by atoms with van der Waals surface area (Å²) >= 11 is -0.192. The van der Waals surface area contributed by atoms with Crippen molar-refractivity contribution in [3.8, 4) is 16.5 Å². The van der Waals surface area contributed by atoms with E-state index in [0.717, 1.165) is 4.46 Å². The van der Waals surface area contributed by atoms with Gasteiger partial charge < -0.3 is 0 Å². The molecule has 0 atom stereocenters. The second-order valence-electron chi connectivity index (χ2n) is 3.91. The summed E-state index contributed by atoms with van der Waals surface area (Å²) in [6.45, 7) is 0. The number of ether oxygens (including phenoxy) is 2. The van der Waals surface area contributed by atoms with Crippen LogP contribution in [0.2, 0.25) is 0 Å². The molecule has 2 aromatic rings. The van der Waals surface area contributed by atoms with Crippen LogP contribution in [0.15, 0.2) is 48.5 Å². The number of hydrogen-bond acceptors (Lipinski definition) is 4. The van der Waals surface area contributed by atoms with Crippen LogP contribution < -0.4 is 19.3 Å². The zero-order valence-corrected chi connectivity index (χ0v) is 12.9. The molecule has 5 nitrogen and oxygen atoms in total. The van der Waals surface area contributed by atoms with Crippen molar-refractivity contribution < 1.29 is 14.3 Å². The van der Waals surface area contributed by atoms with Crippen molar-refractivity contribution in [1.29, 1.82) is 5.26 Å².